The Kier molecular flexibility index (Phi) is 9.30. The van der Waals surface area contributed by atoms with Gasteiger partial charge in [0, 0.05) is 12.5 Å². The van der Waals surface area contributed by atoms with Crippen LogP contribution in [0, 0.1) is 0 Å². The van der Waals surface area contributed by atoms with Gasteiger partial charge in [-0.05, 0) is 48.0 Å². The van der Waals surface area contributed by atoms with Gasteiger partial charge in [0.25, 0.3) is 8.32 Å². The van der Waals surface area contributed by atoms with Crippen LogP contribution >= 0.6 is 0 Å². The van der Waals surface area contributed by atoms with E-state index in [4.69, 9.17) is 13.9 Å². The Balaban J connectivity index is 1.63. The van der Waals surface area contributed by atoms with Crippen LogP contribution in [0.4, 0.5) is 0 Å². The fraction of sp³-hybridized carbons (Fsp3) is 0.500. The van der Waals surface area contributed by atoms with Crippen molar-refractivity contribution in [2.24, 2.45) is 0 Å². The molecular formula is C28H40O3Si. The molecule has 3 rings (SSSR count). The minimum atomic E-state index is -2.45. The molecule has 0 unspecified atom stereocenters. The van der Waals surface area contributed by atoms with Gasteiger partial charge in [0.15, 0.2) is 6.29 Å². The van der Waals surface area contributed by atoms with Crippen LogP contribution in [-0.4, -0.2) is 33.9 Å². The van der Waals surface area contributed by atoms with Gasteiger partial charge in [0.2, 0.25) is 0 Å². The van der Waals surface area contributed by atoms with Crippen molar-refractivity contribution in [3.63, 3.8) is 0 Å². The van der Waals surface area contributed by atoms with E-state index >= 15 is 0 Å². The molecule has 0 saturated carbocycles. The molecule has 3 nitrogen and oxygen atoms in total. The van der Waals surface area contributed by atoms with Crippen LogP contribution in [0.3, 0.4) is 0 Å². The topological polar surface area (TPSA) is 27.7 Å². The van der Waals surface area contributed by atoms with Crippen LogP contribution in [-0.2, 0) is 13.9 Å². The molecule has 1 aliphatic heterocycles. The van der Waals surface area contributed by atoms with Gasteiger partial charge < -0.3 is 13.9 Å². The van der Waals surface area contributed by atoms with Crippen LogP contribution in [0.2, 0.25) is 5.04 Å². The zero-order chi connectivity index (χ0) is 22.9. The van der Waals surface area contributed by atoms with E-state index in [2.05, 4.69) is 101 Å². The molecule has 32 heavy (non-hydrogen) atoms. The van der Waals surface area contributed by atoms with Crippen LogP contribution in [0.25, 0.3) is 0 Å². The van der Waals surface area contributed by atoms with Crippen molar-refractivity contribution in [2.45, 2.75) is 77.2 Å². The number of rotatable bonds is 11. The molecule has 1 saturated heterocycles. The van der Waals surface area contributed by atoms with Gasteiger partial charge in [-0.15, -0.1) is 0 Å². The van der Waals surface area contributed by atoms with E-state index in [1.54, 1.807) is 0 Å². The third-order valence-electron chi connectivity index (χ3n) is 6.20. The van der Waals surface area contributed by atoms with Gasteiger partial charge >= 0.3 is 0 Å². The lowest BCUT2D eigenvalue weighted by Crippen LogP contribution is -2.67. The van der Waals surface area contributed by atoms with Crippen LogP contribution in [0.15, 0.2) is 72.8 Å². The van der Waals surface area contributed by atoms with Crippen molar-refractivity contribution in [3.05, 3.63) is 72.8 Å². The summed E-state index contributed by atoms with van der Waals surface area (Å²) in [5.74, 6) is 0. The maximum absolute atomic E-state index is 7.15. The largest absolute Gasteiger partial charge is 0.405 e. The average Bonchev–Trinajstić information content (AvgIpc) is 3.31. The minimum absolute atomic E-state index is 0.000440. The Morgan fingerprint density at radius 2 is 1.44 bits per heavy atom. The molecule has 174 valence electrons. The summed E-state index contributed by atoms with van der Waals surface area (Å²) in [5, 5.41) is 2.72. The lowest BCUT2D eigenvalue weighted by Gasteiger charge is -2.44. The molecule has 0 spiro atoms. The molecule has 0 radical (unpaired) electrons. The zero-order valence-electron chi connectivity index (χ0n) is 20.3. The maximum Gasteiger partial charge on any atom is 0.261 e. The molecule has 4 heteroatoms. The number of allylic oxidation sites excluding steroid dienone is 2. The summed E-state index contributed by atoms with van der Waals surface area (Å²) < 4.78 is 18.1. The predicted molar refractivity (Wildman–Crippen MR) is 136 cm³/mol. The second kappa shape index (κ2) is 11.9. The van der Waals surface area contributed by atoms with E-state index < -0.39 is 8.32 Å². The second-order valence-electron chi connectivity index (χ2n) is 9.74. The average molecular weight is 453 g/mol. The predicted octanol–water partition coefficient (Wildman–Crippen LogP) is 5.83. The van der Waals surface area contributed by atoms with Gasteiger partial charge in [0.05, 0.1) is 13.2 Å². The van der Waals surface area contributed by atoms with Crippen molar-refractivity contribution >= 4 is 18.7 Å². The summed E-state index contributed by atoms with van der Waals surface area (Å²) in [5.41, 5.74) is 0. The molecule has 0 bridgehead atoms. The molecule has 0 aliphatic carbocycles. The van der Waals surface area contributed by atoms with Crippen LogP contribution in [0.1, 0.15) is 59.8 Å². The fourth-order valence-corrected chi connectivity index (χ4v) is 9.35. The van der Waals surface area contributed by atoms with E-state index in [1.165, 1.54) is 10.4 Å². The Morgan fingerprint density at radius 1 is 0.906 bits per heavy atom. The second-order valence-corrected chi connectivity index (χ2v) is 14.0. The van der Waals surface area contributed by atoms with E-state index in [9.17, 15) is 0 Å². The first-order valence-corrected chi connectivity index (χ1v) is 14.0. The smallest absolute Gasteiger partial charge is 0.261 e. The number of benzene rings is 2. The number of hydrogen-bond donors (Lipinski definition) is 0. The Bertz CT molecular complexity index is 768. The highest BCUT2D eigenvalue weighted by molar-refractivity contribution is 6.99. The summed E-state index contributed by atoms with van der Waals surface area (Å²) in [6, 6.07) is 21.8. The van der Waals surface area contributed by atoms with Crippen molar-refractivity contribution in [2.75, 3.05) is 13.2 Å². The highest BCUT2D eigenvalue weighted by Crippen LogP contribution is 2.37. The molecule has 2 aromatic carbocycles. The summed E-state index contributed by atoms with van der Waals surface area (Å²) in [6.45, 7) is 10.7. The van der Waals surface area contributed by atoms with Crippen molar-refractivity contribution < 1.29 is 13.9 Å². The Labute approximate surface area is 195 Å². The molecule has 0 N–H and O–H groups in total. The molecule has 1 heterocycles. The number of hydrogen-bond acceptors (Lipinski definition) is 3. The van der Waals surface area contributed by atoms with Crippen molar-refractivity contribution in [1.29, 1.82) is 0 Å². The third kappa shape index (κ3) is 6.41. The first-order valence-electron chi connectivity index (χ1n) is 12.1. The molecule has 1 aliphatic rings. The standard InChI is InChI=1S/C28H40O3Si/c1-24(16-10-6-5-7-15-21-27-29-22-23-30-27)31-32(28(2,3)4,25-17-11-8-12-18-25)26-19-13-9-14-20-26/h5,7-9,11-14,17-20,24,27H,6,10,15-16,21-23H2,1-4H3/b7-5+/t24-/m0/s1. The highest BCUT2D eigenvalue weighted by atomic mass is 28.4. The fourth-order valence-electron chi connectivity index (χ4n) is 4.62. The Hall–Kier alpha value is -1.72. The SMILES string of the molecule is C[C@@H](CCC/C=C/CCC1OCCO1)O[Si](c1ccccc1)(c1ccccc1)C(C)(C)C. The lowest BCUT2D eigenvalue weighted by molar-refractivity contribution is -0.0457. The Morgan fingerprint density at radius 3 is 1.97 bits per heavy atom. The van der Waals surface area contributed by atoms with E-state index in [1.807, 2.05) is 0 Å². The molecule has 1 atom stereocenters. The summed E-state index contributed by atoms with van der Waals surface area (Å²) in [7, 11) is -2.45. The molecule has 2 aromatic rings. The van der Waals surface area contributed by atoms with Crippen molar-refractivity contribution in [1.82, 2.24) is 0 Å². The van der Waals surface area contributed by atoms with Crippen LogP contribution in [0.5, 0.6) is 0 Å². The summed E-state index contributed by atoms with van der Waals surface area (Å²) in [6.07, 6.45) is 10.00. The quantitative estimate of drug-likeness (QED) is 0.244. The summed E-state index contributed by atoms with van der Waals surface area (Å²) in [4.78, 5) is 0. The third-order valence-corrected chi connectivity index (χ3v) is 11.4. The van der Waals surface area contributed by atoms with Gasteiger partial charge in [-0.1, -0.05) is 93.6 Å². The van der Waals surface area contributed by atoms with Gasteiger partial charge in [0.1, 0.15) is 0 Å². The first kappa shape index (κ1) is 24.9. The van der Waals surface area contributed by atoms with Gasteiger partial charge in [-0.3, -0.25) is 0 Å². The summed E-state index contributed by atoms with van der Waals surface area (Å²) >= 11 is 0. The molecule has 0 amide bonds. The van der Waals surface area contributed by atoms with Gasteiger partial charge in [-0.25, -0.2) is 0 Å². The first-order chi connectivity index (χ1) is 15.4. The van der Waals surface area contributed by atoms with Gasteiger partial charge in [-0.2, -0.15) is 0 Å². The monoisotopic (exact) mass is 452 g/mol. The zero-order valence-corrected chi connectivity index (χ0v) is 21.3. The number of unbranched alkanes of at least 4 members (excludes halogenated alkanes) is 1. The normalized spacial score (nSPS) is 16.6. The van der Waals surface area contributed by atoms with E-state index in [0.717, 1.165) is 45.3 Å². The van der Waals surface area contributed by atoms with E-state index in [-0.39, 0.29) is 17.4 Å². The highest BCUT2D eigenvalue weighted by Gasteiger charge is 2.50. The molecule has 1 fully saturated rings. The number of ether oxygens (including phenoxy) is 2. The molecular weight excluding hydrogens is 412 g/mol. The minimum Gasteiger partial charge on any atom is -0.405 e. The lowest BCUT2D eigenvalue weighted by atomic mass is 10.1. The maximum atomic E-state index is 7.15. The van der Waals surface area contributed by atoms with E-state index in [0.29, 0.717) is 0 Å². The van der Waals surface area contributed by atoms with Crippen molar-refractivity contribution in [3.8, 4) is 0 Å². The van der Waals surface area contributed by atoms with Crippen LogP contribution < -0.4 is 10.4 Å². The molecule has 0 aromatic heterocycles.